The van der Waals surface area contributed by atoms with Crippen molar-refractivity contribution in [2.45, 2.75) is 13.8 Å². The molecular formula is C12H16BrNO2. The molecule has 0 amide bonds. The summed E-state index contributed by atoms with van der Waals surface area (Å²) in [6.45, 7) is 5.23. The monoisotopic (exact) mass is 285 g/mol. The molecule has 0 aliphatic heterocycles. The van der Waals surface area contributed by atoms with Crippen LogP contribution in [-0.2, 0) is 0 Å². The third-order valence-corrected chi connectivity index (χ3v) is 2.88. The summed E-state index contributed by atoms with van der Waals surface area (Å²) in [5.74, 6) is -0.338. The molecule has 0 aliphatic carbocycles. The molecule has 0 bridgehead atoms. The molecular weight excluding hydrogens is 270 g/mol. The van der Waals surface area contributed by atoms with Gasteiger partial charge in [-0.2, -0.15) is 0 Å². The summed E-state index contributed by atoms with van der Waals surface area (Å²) in [5.41, 5.74) is 1.31. The summed E-state index contributed by atoms with van der Waals surface area (Å²) in [7, 11) is 2.00. The lowest BCUT2D eigenvalue weighted by Crippen LogP contribution is -2.22. The number of hydrogen-bond donors (Lipinski definition) is 1. The minimum absolute atomic E-state index is 0.300. The maximum absolute atomic E-state index is 10.8. The van der Waals surface area contributed by atoms with Gasteiger partial charge in [0, 0.05) is 18.1 Å². The SMILES string of the molecule is CC(C)CN(C)c1ccc(C(=O)O)cc1Br. The molecule has 0 radical (unpaired) electrons. The maximum Gasteiger partial charge on any atom is 0.335 e. The largest absolute Gasteiger partial charge is 0.478 e. The predicted molar refractivity (Wildman–Crippen MR) is 69.2 cm³/mol. The van der Waals surface area contributed by atoms with E-state index in [0.717, 1.165) is 16.7 Å². The highest BCUT2D eigenvalue weighted by atomic mass is 79.9. The molecule has 1 aromatic rings. The summed E-state index contributed by atoms with van der Waals surface area (Å²) < 4.78 is 0.815. The van der Waals surface area contributed by atoms with Gasteiger partial charge in [-0.05, 0) is 40.0 Å². The molecule has 4 heteroatoms. The number of carbonyl (C=O) groups is 1. The van der Waals surface area contributed by atoms with Crippen LogP contribution in [0.2, 0.25) is 0 Å². The van der Waals surface area contributed by atoms with E-state index in [9.17, 15) is 4.79 Å². The van der Waals surface area contributed by atoms with Gasteiger partial charge < -0.3 is 10.0 Å². The number of carboxylic acids is 1. The second kappa shape index (κ2) is 5.34. The lowest BCUT2D eigenvalue weighted by atomic mass is 10.1. The van der Waals surface area contributed by atoms with E-state index >= 15 is 0 Å². The van der Waals surface area contributed by atoms with Crippen molar-refractivity contribution in [3.63, 3.8) is 0 Å². The summed E-state index contributed by atoms with van der Waals surface area (Å²) in [6, 6.07) is 5.09. The molecule has 0 spiro atoms. The third kappa shape index (κ3) is 3.23. The van der Waals surface area contributed by atoms with Crippen LogP contribution in [-0.4, -0.2) is 24.7 Å². The van der Waals surface area contributed by atoms with E-state index in [1.807, 2.05) is 13.1 Å². The molecule has 1 N–H and O–H groups in total. The Labute approximate surface area is 104 Å². The van der Waals surface area contributed by atoms with E-state index in [1.165, 1.54) is 0 Å². The Balaban J connectivity index is 2.94. The standard InChI is InChI=1S/C12H16BrNO2/c1-8(2)7-14(3)11-5-4-9(12(15)16)6-10(11)13/h4-6,8H,7H2,1-3H3,(H,15,16). The van der Waals surface area contributed by atoms with E-state index in [1.54, 1.807) is 12.1 Å². The van der Waals surface area contributed by atoms with E-state index < -0.39 is 5.97 Å². The number of anilines is 1. The van der Waals surface area contributed by atoms with Crippen LogP contribution in [0, 0.1) is 5.92 Å². The van der Waals surface area contributed by atoms with E-state index in [2.05, 4.69) is 34.7 Å². The molecule has 0 aromatic heterocycles. The minimum atomic E-state index is -0.904. The van der Waals surface area contributed by atoms with Crippen LogP contribution >= 0.6 is 15.9 Å². The smallest absolute Gasteiger partial charge is 0.335 e. The van der Waals surface area contributed by atoms with Crippen molar-refractivity contribution in [2.24, 2.45) is 5.92 Å². The molecule has 0 atom stereocenters. The number of carboxylic acid groups (broad SMARTS) is 1. The fourth-order valence-electron chi connectivity index (χ4n) is 1.60. The van der Waals surface area contributed by atoms with Crippen molar-refractivity contribution >= 4 is 27.6 Å². The van der Waals surface area contributed by atoms with Gasteiger partial charge >= 0.3 is 5.97 Å². The number of nitrogens with zero attached hydrogens (tertiary/aromatic N) is 1. The Kier molecular flexibility index (Phi) is 4.35. The molecule has 88 valence electrons. The van der Waals surface area contributed by atoms with Crippen LogP contribution in [0.4, 0.5) is 5.69 Å². The topological polar surface area (TPSA) is 40.5 Å². The van der Waals surface area contributed by atoms with Crippen molar-refractivity contribution in [2.75, 3.05) is 18.5 Å². The molecule has 0 saturated heterocycles. The second-order valence-corrected chi connectivity index (χ2v) is 5.10. The van der Waals surface area contributed by atoms with Crippen LogP contribution in [0.3, 0.4) is 0 Å². The van der Waals surface area contributed by atoms with Gasteiger partial charge in [-0.25, -0.2) is 4.79 Å². The fraction of sp³-hybridized carbons (Fsp3) is 0.417. The van der Waals surface area contributed by atoms with E-state index in [0.29, 0.717) is 11.5 Å². The van der Waals surface area contributed by atoms with Crippen molar-refractivity contribution in [1.29, 1.82) is 0 Å². The average molecular weight is 286 g/mol. The first-order valence-electron chi connectivity index (χ1n) is 5.15. The Morgan fingerprint density at radius 1 is 1.50 bits per heavy atom. The van der Waals surface area contributed by atoms with Gasteiger partial charge in [0.1, 0.15) is 0 Å². The zero-order valence-corrected chi connectivity index (χ0v) is 11.3. The van der Waals surface area contributed by atoms with Crippen molar-refractivity contribution < 1.29 is 9.90 Å². The number of rotatable bonds is 4. The molecule has 0 aliphatic rings. The van der Waals surface area contributed by atoms with Crippen molar-refractivity contribution in [3.05, 3.63) is 28.2 Å². The highest BCUT2D eigenvalue weighted by molar-refractivity contribution is 9.10. The lowest BCUT2D eigenvalue weighted by Gasteiger charge is -2.22. The minimum Gasteiger partial charge on any atom is -0.478 e. The van der Waals surface area contributed by atoms with Gasteiger partial charge in [0.05, 0.1) is 11.3 Å². The highest BCUT2D eigenvalue weighted by Crippen LogP contribution is 2.27. The Morgan fingerprint density at radius 2 is 2.12 bits per heavy atom. The molecule has 0 fully saturated rings. The van der Waals surface area contributed by atoms with Crippen LogP contribution in [0.25, 0.3) is 0 Å². The van der Waals surface area contributed by atoms with Crippen molar-refractivity contribution in [3.8, 4) is 0 Å². The summed E-state index contributed by atoms with van der Waals surface area (Å²) in [4.78, 5) is 12.9. The average Bonchev–Trinajstić information content (AvgIpc) is 2.15. The number of aromatic carboxylic acids is 1. The lowest BCUT2D eigenvalue weighted by molar-refractivity contribution is 0.0697. The molecule has 3 nitrogen and oxygen atoms in total. The summed E-state index contributed by atoms with van der Waals surface area (Å²) in [5, 5.41) is 8.85. The van der Waals surface area contributed by atoms with Gasteiger partial charge in [-0.3, -0.25) is 0 Å². The van der Waals surface area contributed by atoms with Gasteiger partial charge in [0.25, 0.3) is 0 Å². The van der Waals surface area contributed by atoms with E-state index in [4.69, 9.17) is 5.11 Å². The van der Waals surface area contributed by atoms with Gasteiger partial charge in [-0.1, -0.05) is 13.8 Å². The zero-order valence-electron chi connectivity index (χ0n) is 9.70. The zero-order chi connectivity index (χ0) is 12.3. The number of hydrogen-bond acceptors (Lipinski definition) is 2. The Morgan fingerprint density at radius 3 is 2.56 bits per heavy atom. The highest BCUT2D eigenvalue weighted by Gasteiger charge is 2.10. The van der Waals surface area contributed by atoms with Crippen molar-refractivity contribution in [1.82, 2.24) is 0 Å². The molecule has 0 saturated carbocycles. The van der Waals surface area contributed by atoms with Gasteiger partial charge in [0.2, 0.25) is 0 Å². The quantitative estimate of drug-likeness (QED) is 0.923. The van der Waals surface area contributed by atoms with Crippen LogP contribution in [0.15, 0.2) is 22.7 Å². The Bertz CT molecular complexity index is 391. The maximum atomic E-state index is 10.8. The van der Waals surface area contributed by atoms with Crippen LogP contribution < -0.4 is 4.90 Å². The molecule has 0 heterocycles. The third-order valence-electron chi connectivity index (χ3n) is 2.24. The first-order valence-corrected chi connectivity index (χ1v) is 5.95. The van der Waals surface area contributed by atoms with Crippen LogP contribution in [0.1, 0.15) is 24.2 Å². The predicted octanol–water partition coefficient (Wildman–Crippen LogP) is 3.24. The first kappa shape index (κ1) is 13.0. The van der Waals surface area contributed by atoms with E-state index in [-0.39, 0.29) is 0 Å². The first-order chi connectivity index (χ1) is 7.41. The normalized spacial score (nSPS) is 10.6. The van der Waals surface area contributed by atoms with Gasteiger partial charge in [-0.15, -0.1) is 0 Å². The molecule has 1 aromatic carbocycles. The number of benzene rings is 1. The van der Waals surface area contributed by atoms with Gasteiger partial charge in [0.15, 0.2) is 0 Å². The second-order valence-electron chi connectivity index (χ2n) is 4.25. The molecule has 0 unspecified atom stereocenters. The van der Waals surface area contributed by atoms with Crippen LogP contribution in [0.5, 0.6) is 0 Å². The summed E-state index contributed by atoms with van der Waals surface area (Å²) >= 11 is 3.40. The summed E-state index contributed by atoms with van der Waals surface area (Å²) in [6.07, 6.45) is 0. The number of halogens is 1. The molecule has 16 heavy (non-hydrogen) atoms. The fourth-order valence-corrected chi connectivity index (χ4v) is 2.28. The molecule has 1 rings (SSSR count). The Hall–Kier alpha value is -1.03.